The lowest BCUT2D eigenvalue weighted by atomic mass is 9.83. The van der Waals surface area contributed by atoms with Gasteiger partial charge in [0.25, 0.3) is 0 Å². The average molecular weight is 595 g/mol. The van der Waals surface area contributed by atoms with Crippen LogP contribution in [0.4, 0.5) is 0 Å². The quantitative estimate of drug-likeness (QED) is 0.478. The number of fused-ring (bicyclic) bond motifs is 5. The SMILES string of the molecule is COC1CC2CC(OCCCC(OC(=O)c3ccc(C)c(Cl)c3)CCN3CCCN(CCCOC2=O)CC3)C1OC. The summed E-state index contributed by atoms with van der Waals surface area (Å²) in [5, 5.41) is 0.555. The van der Waals surface area contributed by atoms with E-state index < -0.39 is 0 Å². The third-order valence-electron chi connectivity index (χ3n) is 8.67. The predicted octanol–water partition coefficient (Wildman–Crippen LogP) is 4.12. The van der Waals surface area contributed by atoms with Crippen LogP contribution in [0.5, 0.6) is 0 Å². The average Bonchev–Trinajstić information content (AvgIpc) is 3.21. The van der Waals surface area contributed by atoms with E-state index in [1.165, 1.54) is 0 Å². The Morgan fingerprint density at radius 2 is 1.68 bits per heavy atom. The van der Waals surface area contributed by atoms with E-state index in [1.807, 2.05) is 13.0 Å². The van der Waals surface area contributed by atoms with E-state index in [4.69, 9.17) is 35.3 Å². The lowest BCUT2D eigenvalue weighted by Gasteiger charge is -2.39. The molecule has 2 aliphatic heterocycles. The van der Waals surface area contributed by atoms with Gasteiger partial charge in [0.2, 0.25) is 0 Å². The van der Waals surface area contributed by atoms with Gasteiger partial charge in [0.05, 0.1) is 30.3 Å². The van der Waals surface area contributed by atoms with E-state index in [0.29, 0.717) is 49.5 Å². The molecule has 7 atom stereocenters. The number of carbonyl (C=O) groups excluding carboxylic acids is 2. The molecular formula is C31H47ClN2O7. The van der Waals surface area contributed by atoms with Gasteiger partial charge in [0.1, 0.15) is 12.2 Å². The lowest BCUT2D eigenvalue weighted by molar-refractivity contribution is -0.172. The monoisotopic (exact) mass is 594 g/mol. The fraction of sp³-hybridized carbons (Fsp3) is 0.742. The molecule has 4 rings (SSSR count). The minimum absolute atomic E-state index is 0.182. The Morgan fingerprint density at radius 1 is 0.927 bits per heavy atom. The van der Waals surface area contributed by atoms with Gasteiger partial charge in [0.15, 0.2) is 0 Å². The van der Waals surface area contributed by atoms with E-state index in [0.717, 1.165) is 64.1 Å². The number of hydrogen-bond donors (Lipinski definition) is 0. The zero-order valence-electron chi connectivity index (χ0n) is 24.9. The van der Waals surface area contributed by atoms with Crippen LogP contribution in [-0.2, 0) is 28.5 Å². The van der Waals surface area contributed by atoms with E-state index in [2.05, 4.69) is 9.80 Å². The highest BCUT2D eigenvalue weighted by Gasteiger charge is 2.42. The van der Waals surface area contributed by atoms with Gasteiger partial charge in [-0.05, 0) is 82.7 Å². The Labute approximate surface area is 249 Å². The van der Waals surface area contributed by atoms with Crippen molar-refractivity contribution in [3.8, 4) is 0 Å². The maximum absolute atomic E-state index is 13.1. The summed E-state index contributed by atoms with van der Waals surface area (Å²) >= 11 is 6.28. The smallest absolute Gasteiger partial charge is 0.338 e. The van der Waals surface area contributed by atoms with E-state index in [-0.39, 0.29) is 42.3 Å². The molecule has 0 spiro atoms. The molecule has 41 heavy (non-hydrogen) atoms. The van der Waals surface area contributed by atoms with Crippen LogP contribution in [0.25, 0.3) is 0 Å². The van der Waals surface area contributed by atoms with Gasteiger partial charge in [-0.15, -0.1) is 0 Å². The maximum Gasteiger partial charge on any atom is 0.338 e. The zero-order valence-corrected chi connectivity index (χ0v) is 25.6. The molecule has 0 N–H and O–H groups in total. The van der Waals surface area contributed by atoms with Gasteiger partial charge in [-0.2, -0.15) is 0 Å². The summed E-state index contributed by atoms with van der Waals surface area (Å²) in [7, 11) is 3.30. The summed E-state index contributed by atoms with van der Waals surface area (Å²) < 4.78 is 29.5. The second-order valence-electron chi connectivity index (χ2n) is 11.5. The molecule has 10 heteroatoms. The van der Waals surface area contributed by atoms with Crippen molar-refractivity contribution in [2.45, 2.75) is 76.3 Å². The summed E-state index contributed by atoms with van der Waals surface area (Å²) in [6.07, 6.45) is 4.08. The number of hydrogen-bond acceptors (Lipinski definition) is 9. The van der Waals surface area contributed by atoms with Crippen LogP contribution < -0.4 is 0 Å². The van der Waals surface area contributed by atoms with Crippen molar-refractivity contribution in [2.75, 3.05) is 66.7 Å². The molecule has 0 radical (unpaired) electrons. The number of cyclic esters (lactones) is 1. The van der Waals surface area contributed by atoms with E-state index in [9.17, 15) is 9.59 Å². The van der Waals surface area contributed by atoms with Crippen LogP contribution in [0.3, 0.4) is 0 Å². The highest BCUT2D eigenvalue weighted by atomic mass is 35.5. The van der Waals surface area contributed by atoms with Crippen LogP contribution >= 0.6 is 11.6 Å². The molecule has 7 unspecified atom stereocenters. The van der Waals surface area contributed by atoms with Crippen LogP contribution in [0.1, 0.15) is 60.9 Å². The van der Waals surface area contributed by atoms with Crippen molar-refractivity contribution in [3.05, 3.63) is 34.3 Å². The molecule has 230 valence electrons. The topological polar surface area (TPSA) is 86.8 Å². The number of halogens is 1. The second kappa shape index (κ2) is 16.2. The zero-order chi connectivity index (χ0) is 29.2. The number of methoxy groups -OCH3 is 2. The first-order valence-electron chi connectivity index (χ1n) is 15.1. The molecule has 2 saturated heterocycles. The molecule has 3 aliphatic rings. The minimum atomic E-state index is -0.353. The lowest BCUT2D eigenvalue weighted by Crippen LogP contribution is -2.49. The number of carbonyl (C=O) groups is 2. The van der Waals surface area contributed by atoms with E-state index >= 15 is 0 Å². The molecule has 1 aromatic carbocycles. The van der Waals surface area contributed by atoms with Gasteiger partial charge in [0, 0.05) is 52.0 Å². The number of ether oxygens (including phenoxy) is 5. The van der Waals surface area contributed by atoms with Crippen molar-refractivity contribution < 1.29 is 33.3 Å². The first kappa shape index (κ1) is 32.2. The fourth-order valence-electron chi connectivity index (χ4n) is 6.18. The van der Waals surface area contributed by atoms with Gasteiger partial charge < -0.3 is 33.5 Å². The van der Waals surface area contributed by atoms with Crippen LogP contribution in [0, 0.1) is 12.8 Å². The summed E-state index contributed by atoms with van der Waals surface area (Å²) in [5.41, 5.74) is 1.39. The standard InChI is InChI=1S/C31H47ClN2O7/c1-22-8-9-23(19-26(22)32)31(36)41-25-7-4-17-39-28-21-24(20-27(37-2)29(28)38-3)30(35)40-18-6-13-33-11-5-12-34(14-10-25)16-15-33/h8-9,19,24-25,27-29H,4-7,10-18,20-21H2,1-3H3. The van der Waals surface area contributed by atoms with Crippen molar-refractivity contribution in [2.24, 2.45) is 5.92 Å². The Bertz CT molecular complexity index is 995. The second-order valence-corrected chi connectivity index (χ2v) is 11.9. The molecule has 0 aromatic heterocycles. The predicted molar refractivity (Wildman–Crippen MR) is 156 cm³/mol. The summed E-state index contributed by atoms with van der Waals surface area (Å²) in [6, 6.07) is 5.28. The first-order chi connectivity index (χ1) is 19.9. The number of rotatable bonds is 4. The number of aryl methyl sites for hydroxylation is 1. The molecular weight excluding hydrogens is 548 g/mol. The van der Waals surface area contributed by atoms with Gasteiger partial charge in [-0.1, -0.05) is 17.7 Å². The number of benzene rings is 1. The highest BCUT2D eigenvalue weighted by molar-refractivity contribution is 6.31. The molecule has 1 aliphatic carbocycles. The van der Waals surface area contributed by atoms with Crippen LogP contribution in [0.2, 0.25) is 5.02 Å². The molecule has 3 fully saturated rings. The summed E-state index contributed by atoms with van der Waals surface area (Å²) in [4.78, 5) is 31.0. The van der Waals surface area contributed by atoms with Gasteiger partial charge in [-0.25, -0.2) is 4.79 Å². The largest absolute Gasteiger partial charge is 0.465 e. The van der Waals surface area contributed by atoms with Crippen molar-refractivity contribution >= 4 is 23.5 Å². The van der Waals surface area contributed by atoms with Crippen LogP contribution in [0.15, 0.2) is 18.2 Å². The highest BCUT2D eigenvalue weighted by Crippen LogP contribution is 2.32. The molecule has 1 saturated carbocycles. The third kappa shape index (κ3) is 9.37. The Morgan fingerprint density at radius 3 is 2.41 bits per heavy atom. The van der Waals surface area contributed by atoms with Crippen LogP contribution in [-0.4, -0.2) is 113 Å². The minimum Gasteiger partial charge on any atom is -0.465 e. The van der Waals surface area contributed by atoms with Crippen molar-refractivity contribution in [1.82, 2.24) is 9.80 Å². The normalized spacial score (nSPS) is 32.6. The molecule has 9 nitrogen and oxygen atoms in total. The Balaban J connectivity index is 1.45. The third-order valence-corrected chi connectivity index (χ3v) is 9.08. The van der Waals surface area contributed by atoms with Gasteiger partial charge in [-0.3, -0.25) is 4.79 Å². The summed E-state index contributed by atoms with van der Waals surface area (Å²) in [5.74, 6) is -0.826. The number of esters is 2. The van der Waals surface area contributed by atoms with Gasteiger partial charge >= 0.3 is 11.9 Å². The Kier molecular flexibility index (Phi) is 12.7. The molecule has 1 aromatic rings. The molecule has 0 amide bonds. The maximum atomic E-state index is 13.1. The Hall–Kier alpha value is -1.75. The first-order valence-corrected chi connectivity index (χ1v) is 15.5. The van der Waals surface area contributed by atoms with Crippen molar-refractivity contribution in [1.29, 1.82) is 0 Å². The van der Waals surface area contributed by atoms with E-state index in [1.54, 1.807) is 26.4 Å². The summed E-state index contributed by atoms with van der Waals surface area (Å²) in [6.45, 7) is 8.57. The molecule has 4 bridgehead atoms. The molecule has 2 heterocycles. The fourth-order valence-corrected chi connectivity index (χ4v) is 6.36. The number of nitrogens with zero attached hydrogens (tertiary/aromatic N) is 2. The van der Waals surface area contributed by atoms with Crippen molar-refractivity contribution in [3.63, 3.8) is 0 Å².